The molecule has 18 heavy (non-hydrogen) atoms. The van der Waals surface area contributed by atoms with Crippen LogP contribution >= 0.6 is 0 Å². The van der Waals surface area contributed by atoms with E-state index < -0.39 is 10.0 Å². The Balaban J connectivity index is 2.82. The van der Waals surface area contributed by atoms with Crippen LogP contribution in [0.4, 0.5) is 5.69 Å². The number of anilines is 1. The molecule has 0 aliphatic rings. The molecule has 0 radical (unpaired) electrons. The Hall–Kier alpha value is -1.81. The van der Waals surface area contributed by atoms with E-state index in [4.69, 9.17) is 0 Å². The van der Waals surface area contributed by atoms with Crippen LogP contribution in [0.15, 0.2) is 60.1 Å². The highest BCUT2D eigenvalue weighted by atomic mass is 32.2. The molecule has 0 aliphatic carbocycles. The molecule has 4 heteroatoms. The second kappa shape index (κ2) is 6.21. The van der Waals surface area contributed by atoms with Gasteiger partial charge in [0, 0.05) is 5.69 Å². The fourth-order valence-electron chi connectivity index (χ4n) is 1.21. The van der Waals surface area contributed by atoms with Crippen molar-refractivity contribution in [3.05, 3.63) is 65.6 Å². The summed E-state index contributed by atoms with van der Waals surface area (Å²) in [5.41, 5.74) is 1.60. The minimum absolute atomic E-state index is 0.0289. The first-order valence-electron chi connectivity index (χ1n) is 5.53. The van der Waals surface area contributed by atoms with Crippen LogP contribution in [-0.2, 0) is 10.0 Å². The molecule has 0 aliphatic heterocycles. The lowest BCUT2D eigenvalue weighted by atomic mass is 10.2. The third kappa shape index (κ3) is 4.22. The standard InChI is InChI=1S/C14H17NO2S/c1-4-5-6-7-13(3)18(16,17)15-14-10-8-12(2)9-11-14/h4-11,15H,3H2,1-2H3. The molecule has 0 heterocycles. The molecule has 0 atom stereocenters. The number of sulfonamides is 1. The lowest BCUT2D eigenvalue weighted by molar-refractivity contribution is 0.608. The summed E-state index contributed by atoms with van der Waals surface area (Å²) >= 11 is 0. The first-order chi connectivity index (χ1) is 8.45. The van der Waals surface area contributed by atoms with E-state index in [1.54, 1.807) is 24.3 Å². The van der Waals surface area contributed by atoms with Crippen LogP contribution in [0.3, 0.4) is 0 Å². The Morgan fingerprint density at radius 2 is 1.83 bits per heavy atom. The van der Waals surface area contributed by atoms with Gasteiger partial charge < -0.3 is 0 Å². The van der Waals surface area contributed by atoms with E-state index in [9.17, 15) is 8.42 Å². The molecule has 0 unspecified atom stereocenters. The maximum atomic E-state index is 11.9. The topological polar surface area (TPSA) is 46.2 Å². The predicted octanol–water partition coefficient (Wildman–Crippen LogP) is 3.38. The van der Waals surface area contributed by atoms with E-state index in [0.29, 0.717) is 5.69 Å². The molecule has 1 rings (SSSR count). The van der Waals surface area contributed by atoms with Crippen molar-refractivity contribution in [2.24, 2.45) is 0 Å². The van der Waals surface area contributed by atoms with Crippen molar-refractivity contribution in [1.82, 2.24) is 0 Å². The van der Waals surface area contributed by atoms with Crippen molar-refractivity contribution in [1.29, 1.82) is 0 Å². The first kappa shape index (κ1) is 14.3. The molecule has 0 aromatic heterocycles. The van der Waals surface area contributed by atoms with E-state index in [2.05, 4.69) is 11.3 Å². The summed E-state index contributed by atoms with van der Waals surface area (Å²) in [6.07, 6.45) is 6.64. The minimum Gasteiger partial charge on any atom is -0.280 e. The zero-order chi connectivity index (χ0) is 13.6. The summed E-state index contributed by atoms with van der Waals surface area (Å²) in [5, 5.41) is 0. The van der Waals surface area contributed by atoms with Crippen LogP contribution in [0.5, 0.6) is 0 Å². The number of allylic oxidation sites excluding steroid dienone is 4. The van der Waals surface area contributed by atoms with Gasteiger partial charge in [-0.2, -0.15) is 0 Å². The highest BCUT2D eigenvalue weighted by Crippen LogP contribution is 2.14. The van der Waals surface area contributed by atoms with Gasteiger partial charge in [0.2, 0.25) is 0 Å². The molecule has 0 amide bonds. The second-order valence-electron chi connectivity index (χ2n) is 3.82. The van der Waals surface area contributed by atoms with Crippen molar-refractivity contribution in [3.63, 3.8) is 0 Å². The molecule has 0 fully saturated rings. The lowest BCUT2D eigenvalue weighted by Gasteiger charge is -2.07. The summed E-state index contributed by atoms with van der Waals surface area (Å²) < 4.78 is 26.3. The fraction of sp³-hybridized carbons (Fsp3) is 0.143. The van der Waals surface area contributed by atoms with Crippen molar-refractivity contribution in [2.45, 2.75) is 13.8 Å². The molecule has 1 N–H and O–H groups in total. The Bertz CT molecular complexity index is 566. The molecule has 0 spiro atoms. The van der Waals surface area contributed by atoms with Gasteiger partial charge in [0.05, 0.1) is 4.91 Å². The zero-order valence-corrected chi connectivity index (χ0v) is 11.4. The second-order valence-corrected chi connectivity index (χ2v) is 5.56. The molecule has 0 saturated carbocycles. The average molecular weight is 263 g/mol. The predicted molar refractivity (Wildman–Crippen MR) is 76.8 cm³/mol. The van der Waals surface area contributed by atoms with Gasteiger partial charge in [-0.15, -0.1) is 0 Å². The maximum Gasteiger partial charge on any atom is 0.261 e. The molecule has 0 bridgehead atoms. The van der Waals surface area contributed by atoms with E-state index in [0.717, 1.165) is 5.56 Å². The van der Waals surface area contributed by atoms with Crippen molar-refractivity contribution in [3.8, 4) is 0 Å². The fourth-order valence-corrected chi connectivity index (χ4v) is 2.04. The SMILES string of the molecule is C=C(C=CC=CC)S(=O)(=O)Nc1ccc(C)cc1. The third-order valence-electron chi connectivity index (χ3n) is 2.23. The summed E-state index contributed by atoms with van der Waals surface area (Å²) in [4.78, 5) is 0.0289. The van der Waals surface area contributed by atoms with Gasteiger partial charge in [-0.05, 0) is 32.1 Å². The largest absolute Gasteiger partial charge is 0.280 e. The summed E-state index contributed by atoms with van der Waals surface area (Å²) in [6, 6.07) is 7.12. The van der Waals surface area contributed by atoms with Crippen LogP contribution in [-0.4, -0.2) is 8.42 Å². The third-order valence-corrected chi connectivity index (χ3v) is 3.57. The average Bonchev–Trinajstić information content (AvgIpc) is 2.32. The molecule has 3 nitrogen and oxygen atoms in total. The van der Waals surface area contributed by atoms with E-state index in [1.807, 2.05) is 32.1 Å². The van der Waals surface area contributed by atoms with Gasteiger partial charge >= 0.3 is 0 Å². The van der Waals surface area contributed by atoms with Gasteiger partial charge in [-0.1, -0.05) is 42.5 Å². The van der Waals surface area contributed by atoms with Crippen molar-refractivity contribution < 1.29 is 8.42 Å². The number of rotatable bonds is 5. The van der Waals surface area contributed by atoms with Crippen LogP contribution in [0.25, 0.3) is 0 Å². The Morgan fingerprint density at radius 1 is 1.22 bits per heavy atom. The van der Waals surface area contributed by atoms with E-state index >= 15 is 0 Å². The van der Waals surface area contributed by atoms with E-state index in [1.165, 1.54) is 6.08 Å². The van der Waals surface area contributed by atoms with Crippen LogP contribution in [0.2, 0.25) is 0 Å². The number of hydrogen-bond acceptors (Lipinski definition) is 2. The maximum absolute atomic E-state index is 11.9. The molecule has 0 saturated heterocycles. The summed E-state index contributed by atoms with van der Waals surface area (Å²) in [5.74, 6) is 0. The van der Waals surface area contributed by atoms with Crippen molar-refractivity contribution in [2.75, 3.05) is 4.72 Å². The monoisotopic (exact) mass is 263 g/mol. The number of benzene rings is 1. The van der Waals surface area contributed by atoms with E-state index in [-0.39, 0.29) is 4.91 Å². The highest BCUT2D eigenvalue weighted by molar-refractivity contribution is 7.96. The number of hydrogen-bond donors (Lipinski definition) is 1. The lowest BCUT2D eigenvalue weighted by Crippen LogP contribution is -2.13. The normalized spacial score (nSPS) is 12.1. The minimum atomic E-state index is -3.57. The Labute approximate surface area is 109 Å². The number of aryl methyl sites for hydroxylation is 1. The van der Waals surface area contributed by atoms with Crippen molar-refractivity contribution >= 4 is 15.7 Å². The first-order valence-corrected chi connectivity index (χ1v) is 7.02. The zero-order valence-electron chi connectivity index (χ0n) is 10.6. The molecule has 1 aromatic carbocycles. The Morgan fingerprint density at radius 3 is 2.39 bits per heavy atom. The van der Waals surface area contributed by atoms with Crippen LogP contribution < -0.4 is 4.72 Å². The molecule has 1 aromatic rings. The van der Waals surface area contributed by atoms with Gasteiger partial charge in [-0.25, -0.2) is 8.42 Å². The van der Waals surface area contributed by atoms with Crippen LogP contribution in [0.1, 0.15) is 12.5 Å². The Kier molecular flexibility index (Phi) is 4.92. The molecule has 96 valence electrons. The summed E-state index contributed by atoms with van der Waals surface area (Å²) in [6.45, 7) is 7.34. The quantitative estimate of drug-likeness (QED) is 0.828. The molecular weight excluding hydrogens is 246 g/mol. The number of nitrogens with one attached hydrogen (secondary N) is 1. The van der Waals surface area contributed by atoms with Gasteiger partial charge in [0.1, 0.15) is 0 Å². The highest BCUT2D eigenvalue weighted by Gasteiger charge is 2.12. The van der Waals surface area contributed by atoms with Crippen LogP contribution in [0, 0.1) is 6.92 Å². The van der Waals surface area contributed by atoms with Gasteiger partial charge in [0.15, 0.2) is 0 Å². The van der Waals surface area contributed by atoms with Gasteiger partial charge in [-0.3, -0.25) is 4.72 Å². The molecular formula is C14H17NO2S. The van der Waals surface area contributed by atoms with Gasteiger partial charge in [0.25, 0.3) is 10.0 Å². The smallest absolute Gasteiger partial charge is 0.261 e. The summed E-state index contributed by atoms with van der Waals surface area (Å²) in [7, 11) is -3.57.